The van der Waals surface area contributed by atoms with Crippen LogP contribution in [0.25, 0.3) is 0 Å². The molecular weight excluding hydrogens is 337 g/mol. The number of halogens is 2. The zero-order valence-corrected chi connectivity index (χ0v) is 12.8. The van der Waals surface area contributed by atoms with Crippen molar-refractivity contribution in [2.75, 3.05) is 7.11 Å². The first kappa shape index (κ1) is 17.7. The van der Waals surface area contributed by atoms with Crippen molar-refractivity contribution < 1.29 is 15.1 Å². The van der Waals surface area contributed by atoms with Gasteiger partial charge in [0, 0.05) is 10.6 Å². The molecule has 0 aliphatic heterocycles. The van der Waals surface area contributed by atoms with Gasteiger partial charge in [0.1, 0.15) is 25.5 Å². The molecule has 1 N–H and O–H groups in total. The summed E-state index contributed by atoms with van der Waals surface area (Å²) in [5, 5.41) is 22.7. The van der Waals surface area contributed by atoms with E-state index in [2.05, 4.69) is 15.2 Å². The molecule has 1 heterocycles. The minimum Gasteiger partial charge on any atom is -0.399 e. The Morgan fingerprint density at radius 3 is 2.73 bits per heavy atom. The van der Waals surface area contributed by atoms with E-state index in [1.54, 1.807) is 29.2 Å². The smallest absolute Gasteiger partial charge is 0.291 e. The zero-order chi connectivity index (χ0) is 16.5. The molecule has 0 amide bonds. The van der Waals surface area contributed by atoms with Crippen molar-refractivity contribution in [3.05, 3.63) is 56.6 Å². The lowest BCUT2D eigenvalue weighted by Gasteiger charge is -2.08. The number of oxime groups is 1. The van der Waals surface area contributed by atoms with Crippen molar-refractivity contribution in [1.29, 1.82) is 0 Å². The predicted molar refractivity (Wildman–Crippen MR) is 78.8 cm³/mol. The van der Waals surface area contributed by atoms with Crippen molar-refractivity contribution in [3.8, 4) is 0 Å². The van der Waals surface area contributed by atoms with Crippen LogP contribution in [0.1, 0.15) is 5.56 Å². The second kappa shape index (κ2) is 8.80. The Bertz CT molecular complexity index is 644. The van der Waals surface area contributed by atoms with Gasteiger partial charge in [0.05, 0.1) is 11.6 Å². The van der Waals surface area contributed by atoms with E-state index in [1.807, 2.05) is 0 Å². The van der Waals surface area contributed by atoms with Crippen molar-refractivity contribution in [2.24, 2.45) is 5.16 Å². The minimum atomic E-state index is -1.50. The van der Waals surface area contributed by atoms with Crippen LogP contribution in [-0.2, 0) is 11.4 Å². The van der Waals surface area contributed by atoms with Gasteiger partial charge in [-0.25, -0.2) is 9.67 Å². The number of hydrogen-bond donors (Lipinski definition) is 1. The molecule has 0 fully saturated rings. The third-order valence-corrected chi connectivity index (χ3v) is 2.77. The van der Waals surface area contributed by atoms with Crippen LogP contribution in [0, 0.1) is 10.1 Å². The molecule has 0 aliphatic carbocycles. The fourth-order valence-corrected chi connectivity index (χ4v) is 1.98. The summed E-state index contributed by atoms with van der Waals surface area (Å²) < 4.78 is 1.63. The fourth-order valence-electron chi connectivity index (χ4n) is 1.46. The van der Waals surface area contributed by atoms with E-state index < -0.39 is 5.09 Å². The molecule has 2 rings (SSSR count). The highest BCUT2D eigenvalue weighted by atomic mass is 35.5. The van der Waals surface area contributed by atoms with E-state index in [1.165, 1.54) is 13.4 Å². The molecule has 1 aromatic heterocycles. The van der Waals surface area contributed by atoms with Gasteiger partial charge in [0.2, 0.25) is 0 Å². The van der Waals surface area contributed by atoms with Crippen LogP contribution in [0.3, 0.4) is 0 Å². The number of benzene rings is 1. The molecule has 0 saturated carbocycles. The van der Waals surface area contributed by atoms with Crippen molar-refractivity contribution in [1.82, 2.24) is 14.8 Å². The van der Waals surface area contributed by atoms with Crippen molar-refractivity contribution in [2.45, 2.75) is 6.54 Å². The van der Waals surface area contributed by atoms with Crippen LogP contribution in [0.15, 0.2) is 36.0 Å². The van der Waals surface area contributed by atoms with E-state index in [0.717, 1.165) is 5.56 Å². The van der Waals surface area contributed by atoms with Gasteiger partial charge in [-0.05, 0) is 18.2 Å². The quantitative estimate of drug-likeness (QED) is 0.515. The number of aromatic nitrogens is 3. The Hall–Kier alpha value is -2.39. The first-order valence-corrected chi connectivity index (χ1v) is 6.40. The van der Waals surface area contributed by atoms with Gasteiger partial charge in [-0.3, -0.25) is 0 Å². The molecule has 0 aliphatic rings. The molecule has 0 radical (unpaired) electrons. The van der Waals surface area contributed by atoms with Crippen LogP contribution in [-0.4, -0.2) is 37.9 Å². The summed E-state index contributed by atoms with van der Waals surface area (Å²) in [6.45, 7) is 0.412. The number of nitrogens with zero attached hydrogens (tertiary/aromatic N) is 5. The maximum atomic E-state index is 8.36. The second-order valence-electron chi connectivity index (χ2n) is 3.68. The molecule has 0 saturated heterocycles. The van der Waals surface area contributed by atoms with Crippen LogP contribution in [0.2, 0.25) is 10.0 Å². The molecule has 0 atom stereocenters. The molecule has 9 nitrogen and oxygen atoms in total. The maximum Gasteiger partial charge on any atom is 0.291 e. The first-order chi connectivity index (χ1) is 10.4. The highest BCUT2D eigenvalue weighted by Crippen LogP contribution is 2.22. The van der Waals surface area contributed by atoms with Gasteiger partial charge >= 0.3 is 0 Å². The van der Waals surface area contributed by atoms with Crippen LogP contribution in [0.5, 0.6) is 0 Å². The van der Waals surface area contributed by atoms with Crippen LogP contribution >= 0.6 is 23.2 Å². The summed E-state index contributed by atoms with van der Waals surface area (Å²) >= 11 is 12.0. The summed E-state index contributed by atoms with van der Waals surface area (Å²) in [4.78, 5) is 17.1. The molecule has 11 heteroatoms. The normalized spacial score (nSPS) is 10.6. The third-order valence-electron chi connectivity index (χ3n) is 2.22. The Morgan fingerprint density at radius 1 is 1.55 bits per heavy atom. The monoisotopic (exact) mass is 347 g/mol. The third kappa shape index (κ3) is 5.94. The Kier molecular flexibility index (Phi) is 7.06. The highest BCUT2D eigenvalue weighted by molar-refractivity contribution is 6.37. The predicted octanol–water partition coefficient (Wildman–Crippen LogP) is 2.29. The average molecular weight is 348 g/mol. The fraction of sp³-hybridized carbons (Fsp3) is 0.182. The van der Waals surface area contributed by atoms with Crippen molar-refractivity contribution >= 4 is 28.9 Å². The number of hydrogen-bond acceptors (Lipinski definition) is 6. The topological polar surface area (TPSA) is 116 Å². The first-order valence-electron chi connectivity index (χ1n) is 5.65. The Morgan fingerprint density at radius 2 is 2.23 bits per heavy atom. The minimum absolute atomic E-state index is 0.412. The average Bonchev–Trinajstić information content (AvgIpc) is 2.90. The van der Waals surface area contributed by atoms with Gasteiger partial charge in [0.25, 0.3) is 5.09 Å². The van der Waals surface area contributed by atoms with Gasteiger partial charge in [0.15, 0.2) is 0 Å². The molecular formula is C11H11Cl2N5O4. The molecule has 118 valence electrons. The lowest BCUT2D eigenvalue weighted by atomic mass is 10.1. The van der Waals surface area contributed by atoms with Gasteiger partial charge in [-0.2, -0.15) is 5.10 Å². The van der Waals surface area contributed by atoms with Gasteiger partial charge < -0.3 is 10.0 Å². The lowest BCUT2D eigenvalue weighted by molar-refractivity contribution is -0.742. The maximum absolute atomic E-state index is 8.36. The van der Waals surface area contributed by atoms with Gasteiger partial charge in [-0.15, -0.1) is 10.1 Å². The standard InChI is InChI=1S/C11H10Cl2N4O.HNO3/c1-18-16-11(5-17-7-14-6-15-17)9-3-2-8(12)4-10(9)13;2-1(3)4/h2-4,6-7H,5H2,1H3;(H,2,3,4). The van der Waals surface area contributed by atoms with E-state index >= 15 is 0 Å². The Labute approximate surface area is 134 Å². The Balaban J connectivity index is 0.000000541. The van der Waals surface area contributed by atoms with Crippen molar-refractivity contribution in [3.63, 3.8) is 0 Å². The molecule has 1 aromatic carbocycles. The SMILES string of the molecule is CON=C(Cn1cncn1)c1ccc(Cl)cc1Cl.O=[N+]([O-])O. The molecule has 0 bridgehead atoms. The second-order valence-corrected chi connectivity index (χ2v) is 4.52. The molecule has 0 unspecified atom stereocenters. The van der Waals surface area contributed by atoms with E-state index in [9.17, 15) is 0 Å². The summed E-state index contributed by atoms with van der Waals surface area (Å²) in [5.41, 5.74) is 1.39. The summed E-state index contributed by atoms with van der Waals surface area (Å²) in [6.07, 6.45) is 3.04. The molecule has 22 heavy (non-hydrogen) atoms. The molecule has 2 aromatic rings. The van der Waals surface area contributed by atoms with Crippen LogP contribution in [0.4, 0.5) is 0 Å². The van der Waals surface area contributed by atoms with E-state index in [4.69, 9.17) is 43.4 Å². The summed E-state index contributed by atoms with van der Waals surface area (Å²) in [6, 6.07) is 5.19. The summed E-state index contributed by atoms with van der Waals surface area (Å²) in [5.74, 6) is 0. The van der Waals surface area contributed by atoms with E-state index in [-0.39, 0.29) is 0 Å². The molecule has 0 spiro atoms. The highest BCUT2D eigenvalue weighted by Gasteiger charge is 2.11. The summed E-state index contributed by atoms with van der Waals surface area (Å²) in [7, 11) is 1.48. The zero-order valence-electron chi connectivity index (χ0n) is 11.3. The van der Waals surface area contributed by atoms with Gasteiger partial charge in [-0.1, -0.05) is 28.4 Å². The van der Waals surface area contributed by atoms with E-state index in [0.29, 0.717) is 22.3 Å². The lowest BCUT2D eigenvalue weighted by Crippen LogP contribution is -2.13. The number of rotatable bonds is 4. The largest absolute Gasteiger partial charge is 0.399 e. The van der Waals surface area contributed by atoms with Crippen LogP contribution < -0.4 is 0 Å².